The molecule has 4 nitrogen and oxygen atoms in total. The van der Waals surface area contributed by atoms with Crippen molar-refractivity contribution in [2.24, 2.45) is 0 Å². The van der Waals surface area contributed by atoms with Crippen LogP contribution in [-0.2, 0) is 26.3 Å². The Morgan fingerprint density at radius 1 is 1.33 bits per heavy atom. The average Bonchev–Trinajstić information content (AvgIpc) is 2.18. The third kappa shape index (κ3) is 4.58. The summed E-state index contributed by atoms with van der Waals surface area (Å²) in [6, 6.07) is 5.68. The van der Waals surface area contributed by atoms with Gasteiger partial charge in [-0.2, -0.15) is 0 Å². The fourth-order valence-electron chi connectivity index (χ4n) is 0.799. The molecular weight excluding hydrogens is 247 g/mol. The molecule has 2 atom stereocenters. The van der Waals surface area contributed by atoms with Crippen molar-refractivity contribution in [3.05, 3.63) is 37.1 Å². The minimum atomic E-state index is -2.33. The monoisotopic (exact) mass is 254 g/mol. The maximum atomic E-state index is 11.2. The molecule has 0 radical (unpaired) electrons. The van der Waals surface area contributed by atoms with Crippen molar-refractivity contribution in [2.75, 3.05) is 0 Å². The Kier molecular flexibility index (Phi) is 7.33. The Bertz CT molecular complexity index is 394. The predicted molar refractivity (Wildman–Crippen MR) is 51.3 cm³/mol. The average molecular weight is 254 g/mol. The molecule has 0 saturated carbocycles. The summed E-state index contributed by atoms with van der Waals surface area (Å²) in [4.78, 5) is 0.357. The molecule has 2 unspecified atom stereocenters. The van der Waals surface area contributed by atoms with Gasteiger partial charge in [-0.1, -0.05) is 12.6 Å². The van der Waals surface area contributed by atoms with Crippen LogP contribution in [0.15, 0.2) is 46.9 Å². The molecule has 0 aromatic heterocycles. The van der Waals surface area contributed by atoms with Gasteiger partial charge in [-0.25, -0.2) is 4.21 Å². The van der Waals surface area contributed by atoms with E-state index < -0.39 is 22.2 Å². The Hall–Kier alpha value is 0.0200. The molecule has 15 heavy (non-hydrogen) atoms. The van der Waals surface area contributed by atoms with E-state index in [2.05, 4.69) is 10.8 Å². The third-order valence-corrected chi connectivity index (χ3v) is 2.93. The van der Waals surface area contributed by atoms with Gasteiger partial charge < -0.3 is 8.74 Å². The van der Waals surface area contributed by atoms with E-state index in [4.69, 9.17) is 0 Å². The van der Waals surface area contributed by atoms with Gasteiger partial charge in [-0.15, -0.1) is 0 Å². The van der Waals surface area contributed by atoms with Gasteiger partial charge in [0.25, 0.3) is 0 Å². The van der Waals surface area contributed by atoms with Crippen molar-refractivity contribution < 1.29 is 46.7 Å². The largest absolute Gasteiger partial charge is 1.00 e. The smallest absolute Gasteiger partial charge is 0.768 e. The van der Waals surface area contributed by atoms with E-state index in [9.17, 15) is 13.0 Å². The molecule has 1 rings (SSSR count). The fourth-order valence-corrected chi connectivity index (χ4v) is 1.93. The summed E-state index contributed by atoms with van der Waals surface area (Å²) in [5.74, 6) is 0. The molecule has 0 saturated heterocycles. The van der Waals surface area contributed by atoms with Crippen LogP contribution >= 0.6 is 0 Å². The first-order valence-electron chi connectivity index (χ1n) is 3.54. The summed E-state index contributed by atoms with van der Waals surface area (Å²) >= 11 is -4.03. The molecule has 1 aromatic rings. The van der Waals surface area contributed by atoms with Crippen LogP contribution in [0.25, 0.3) is 0 Å². The van der Waals surface area contributed by atoms with Crippen LogP contribution < -0.4 is 29.6 Å². The van der Waals surface area contributed by atoms with Gasteiger partial charge in [0.2, 0.25) is 11.1 Å². The first-order chi connectivity index (χ1) is 6.65. The molecule has 0 fully saturated rings. The molecule has 0 heterocycles. The van der Waals surface area contributed by atoms with Gasteiger partial charge in [-0.3, -0.25) is 4.21 Å². The molecule has 1 aromatic carbocycles. The summed E-state index contributed by atoms with van der Waals surface area (Å²) in [5, 5.41) is 0. The van der Waals surface area contributed by atoms with E-state index in [0.29, 0.717) is 0 Å². The summed E-state index contributed by atoms with van der Waals surface area (Å²) < 4.78 is 37.0. The predicted octanol–water partition coefficient (Wildman–Crippen LogP) is -1.89. The normalized spacial score (nSPS) is 13.4. The molecule has 0 amide bonds. The number of hydrogen-bond donors (Lipinski definition) is 0. The van der Waals surface area contributed by atoms with Gasteiger partial charge in [0, 0.05) is 4.90 Å². The molecule has 76 valence electrons. The topological polar surface area (TPSA) is 66.4 Å². The molecule has 7 heteroatoms. The van der Waals surface area contributed by atoms with Crippen molar-refractivity contribution in [1.82, 2.24) is 0 Å². The van der Waals surface area contributed by atoms with E-state index in [1.807, 2.05) is 0 Å². The van der Waals surface area contributed by atoms with Crippen molar-refractivity contribution in [3.63, 3.8) is 0 Å². The molecule has 0 N–H and O–H groups in total. The van der Waals surface area contributed by atoms with Crippen LogP contribution in [-0.4, -0.2) is 13.0 Å². The van der Waals surface area contributed by atoms with E-state index >= 15 is 0 Å². The van der Waals surface area contributed by atoms with Crippen LogP contribution in [0.3, 0.4) is 0 Å². The molecule has 0 aliphatic carbocycles. The summed E-state index contributed by atoms with van der Waals surface area (Å²) in [6.45, 7) is 3.25. The minimum Gasteiger partial charge on any atom is -0.768 e. The maximum Gasteiger partial charge on any atom is 1.00 e. The van der Waals surface area contributed by atoms with Crippen LogP contribution in [0.2, 0.25) is 0 Å². The SMILES string of the molecule is C=COS(=O)c1cccc(S(=O)[O-])c1.[Na+]. The summed E-state index contributed by atoms with van der Waals surface area (Å²) in [7, 11) is 0. The van der Waals surface area contributed by atoms with Crippen LogP contribution in [0.5, 0.6) is 0 Å². The van der Waals surface area contributed by atoms with Gasteiger partial charge in [0.05, 0.1) is 11.2 Å². The Labute approximate surface area is 115 Å². The zero-order valence-electron chi connectivity index (χ0n) is 8.04. The van der Waals surface area contributed by atoms with Crippen molar-refractivity contribution >= 4 is 22.2 Å². The van der Waals surface area contributed by atoms with E-state index in [1.165, 1.54) is 24.3 Å². The van der Waals surface area contributed by atoms with Gasteiger partial charge in [0.15, 0.2) is 0 Å². The minimum absolute atomic E-state index is 0. The van der Waals surface area contributed by atoms with Crippen LogP contribution in [0.1, 0.15) is 0 Å². The standard InChI is InChI=1S/C8H8O4S2.Na/c1-2-12-14(11)8-5-3-4-7(6-8)13(9)10;/h2-6H,1H2,(H,9,10);/q;+1/p-1. The second-order valence-corrected chi connectivity index (χ2v) is 4.28. The van der Waals surface area contributed by atoms with Gasteiger partial charge in [-0.05, 0) is 29.3 Å². The zero-order valence-corrected chi connectivity index (χ0v) is 11.7. The van der Waals surface area contributed by atoms with Crippen molar-refractivity contribution in [2.45, 2.75) is 9.79 Å². The molecular formula is C8H7NaO4S2. The number of rotatable bonds is 4. The Morgan fingerprint density at radius 2 is 1.93 bits per heavy atom. The summed E-state index contributed by atoms with van der Waals surface area (Å²) in [6.07, 6.45) is 1.04. The van der Waals surface area contributed by atoms with E-state index in [0.717, 1.165) is 6.26 Å². The fraction of sp³-hybridized carbons (Fsp3) is 0. The first-order valence-corrected chi connectivity index (χ1v) is 5.69. The molecule has 0 spiro atoms. The van der Waals surface area contributed by atoms with Crippen LogP contribution in [0, 0.1) is 0 Å². The second kappa shape index (κ2) is 7.32. The Morgan fingerprint density at radius 3 is 2.47 bits per heavy atom. The van der Waals surface area contributed by atoms with E-state index in [-0.39, 0.29) is 39.3 Å². The zero-order chi connectivity index (χ0) is 10.6. The number of hydrogen-bond acceptors (Lipinski definition) is 4. The quantitative estimate of drug-likeness (QED) is 0.358. The molecule has 0 aliphatic rings. The summed E-state index contributed by atoms with van der Waals surface area (Å²) in [5.41, 5.74) is 0. The van der Waals surface area contributed by atoms with Crippen molar-refractivity contribution in [3.8, 4) is 0 Å². The van der Waals surface area contributed by atoms with Crippen LogP contribution in [0.4, 0.5) is 0 Å². The Balaban J connectivity index is 0.00000196. The van der Waals surface area contributed by atoms with Crippen molar-refractivity contribution in [1.29, 1.82) is 0 Å². The molecule has 0 aliphatic heterocycles. The first kappa shape index (κ1) is 15.0. The third-order valence-electron chi connectivity index (χ3n) is 1.35. The molecule has 0 bridgehead atoms. The maximum absolute atomic E-state index is 11.2. The second-order valence-electron chi connectivity index (χ2n) is 2.21. The number of benzene rings is 1. The van der Waals surface area contributed by atoms with E-state index in [1.54, 1.807) is 0 Å². The van der Waals surface area contributed by atoms with Gasteiger partial charge in [0.1, 0.15) is 0 Å². The van der Waals surface area contributed by atoms with Gasteiger partial charge >= 0.3 is 29.6 Å².